The van der Waals surface area contributed by atoms with Gasteiger partial charge < -0.3 is 13.6 Å². The summed E-state index contributed by atoms with van der Waals surface area (Å²) in [5.41, 5.74) is 10.7. The molecule has 2 aliphatic carbocycles. The largest absolute Gasteiger partial charge is 0.454 e. The fourth-order valence-electron chi connectivity index (χ4n) is 8.24. The van der Waals surface area contributed by atoms with Crippen molar-refractivity contribution in [2.24, 2.45) is 0 Å². The van der Waals surface area contributed by atoms with Crippen molar-refractivity contribution in [1.29, 1.82) is 10.5 Å². The molecule has 0 bridgehead atoms. The SMILES string of the molecule is N#Cc1ccc2c(c1)c1ccccc1n2-c1c(C#N)cccc1C1C=Cc2oc3c(ccc4c5ccccc5n(C5=CCCC=C5)c43)c2C1. The number of rotatable bonds is 3. The molecule has 8 aromatic rings. The third-order valence-corrected chi connectivity index (χ3v) is 10.4. The van der Waals surface area contributed by atoms with E-state index >= 15 is 0 Å². The maximum Gasteiger partial charge on any atom is 0.159 e. The Morgan fingerprint density at radius 3 is 2.24 bits per heavy atom. The Hall–Kier alpha value is -6.56. The Kier molecular flexibility index (Phi) is 5.89. The highest BCUT2D eigenvalue weighted by molar-refractivity contribution is 6.18. The van der Waals surface area contributed by atoms with Gasteiger partial charge >= 0.3 is 0 Å². The Labute approximate surface area is 282 Å². The van der Waals surface area contributed by atoms with Crippen molar-refractivity contribution in [2.75, 3.05) is 0 Å². The molecule has 2 aliphatic rings. The van der Waals surface area contributed by atoms with E-state index in [1.807, 2.05) is 42.5 Å². The normalized spacial score (nSPS) is 15.6. The van der Waals surface area contributed by atoms with E-state index in [0.29, 0.717) is 11.1 Å². The average Bonchev–Trinajstić information content (AvgIpc) is 3.82. The van der Waals surface area contributed by atoms with Crippen LogP contribution in [0.5, 0.6) is 0 Å². The first kappa shape index (κ1) is 27.5. The smallest absolute Gasteiger partial charge is 0.159 e. The summed E-state index contributed by atoms with van der Waals surface area (Å²) < 4.78 is 11.4. The number of allylic oxidation sites excluding steroid dienone is 5. The van der Waals surface area contributed by atoms with Crippen LogP contribution < -0.4 is 0 Å². The first-order valence-electron chi connectivity index (χ1n) is 16.7. The van der Waals surface area contributed by atoms with Crippen LogP contribution in [-0.4, -0.2) is 9.13 Å². The van der Waals surface area contributed by atoms with E-state index in [1.165, 1.54) is 27.5 Å². The van der Waals surface area contributed by atoms with Gasteiger partial charge in [-0.2, -0.15) is 10.5 Å². The van der Waals surface area contributed by atoms with Crippen LogP contribution in [0.25, 0.3) is 72.0 Å². The maximum atomic E-state index is 10.5. The number of hydrogen-bond donors (Lipinski definition) is 0. The molecule has 5 heteroatoms. The van der Waals surface area contributed by atoms with Gasteiger partial charge in [-0.15, -0.1) is 0 Å². The van der Waals surface area contributed by atoms with Crippen LogP contribution in [0, 0.1) is 22.7 Å². The minimum Gasteiger partial charge on any atom is -0.454 e. The van der Waals surface area contributed by atoms with E-state index in [4.69, 9.17) is 4.42 Å². The lowest BCUT2D eigenvalue weighted by molar-refractivity contribution is 0.593. The zero-order valence-electron chi connectivity index (χ0n) is 26.5. The van der Waals surface area contributed by atoms with Gasteiger partial charge in [0.25, 0.3) is 0 Å². The minimum atomic E-state index is 0.0109. The van der Waals surface area contributed by atoms with Gasteiger partial charge in [0.15, 0.2) is 5.58 Å². The average molecular weight is 629 g/mol. The number of nitriles is 2. The lowest BCUT2D eigenvalue weighted by Crippen LogP contribution is -2.10. The Morgan fingerprint density at radius 1 is 0.673 bits per heavy atom. The molecule has 3 heterocycles. The van der Waals surface area contributed by atoms with Gasteiger partial charge in [-0.05, 0) is 73.4 Å². The summed E-state index contributed by atoms with van der Waals surface area (Å²) in [7, 11) is 0. The fourth-order valence-corrected chi connectivity index (χ4v) is 8.24. The predicted molar refractivity (Wildman–Crippen MR) is 198 cm³/mol. The van der Waals surface area contributed by atoms with Crippen molar-refractivity contribution < 1.29 is 4.42 Å². The maximum absolute atomic E-state index is 10.5. The van der Waals surface area contributed by atoms with Gasteiger partial charge in [-0.3, -0.25) is 0 Å². The second-order valence-electron chi connectivity index (χ2n) is 13.0. The molecule has 5 aromatic carbocycles. The molecule has 0 amide bonds. The zero-order chi connectivity index (χ0) is 32.6. The molecule has 5 nitrogen and oxygen atoms in total. The van der Waals surface area contributed by atoms with Crippen molar-refractivity contribution in [3.63, 3.8) is 0 Å². The third-order valence-electron chi connectivity index (χ3n) is 10.4. The molecule has 0 saturated heterocycles. The van der Waals surface area contributed by atoms with Crippen molar-refractivity contribution in [3.8, 4) is 17.8 Å². The van der Waals surface area contributed by atoms with Gasteiger partial charge in [0.1, 0.15) is 11.8 Å². The van der Waals surface area contributed by atoms with Gasteiger partial charge in [0.05, 0.1) is 45.0 Å². The number of aromatic nitrogens is 2. The first-order valence-corrected chi connectivity index (χ1v) is 16.7. The number of nitrogens with zero attached hydrogens (tertiary/aromatic N) is 4. The Bertz CT molecular complexity index is 2890. The number of fused-ring (bicyclic) bond motifs is 10. The second-order valence-corrected chi connectivity index (χ2v) is 13.0. The van der Waals surface area contributed by atoms with E-state index < -0.39 is 0 Å². The van der Waals surface area contributed by atoms with E-state index in [0.717, 1.165) is 74.6 Å². The lowest BCUT2D eigenvalue weighted by atomic mass is 9.85. The van der Waals surface area contributed by atoms with Gasteiger partial charge in [-0.1, -0.05) is 78.9 Å². The molecule has 0 aliphatic heterocycles. The highest BCUT2D eigenvalue weighted by Crippen LogP contribution is 2.45. The molecule has 49 heavy (non-hydrogen) atoms. The molecule has 0 fully saturated rings. The summed E-state index contributed by atoms with van der Waals surface area (Å²) in [6.07, 6.45) is 14.0. The van der Waals surface area contributed by atoms with Gasteiger partial charge in [0, 0.05) is 44.1 Å². The van der Waals surface area contributed by atoms with Crippen molar-refractivity contribution >= 4 is 66.4 Å². The van der Waals surface area contributed by atoms with E-state index in [2.05, 4.69) is 106 Å². The Balaban J connectivity index is 1.18. The van der Waals surface area contributed by atoms with Crippen molar-refractivity contribution in [1.82, 2.24) is 9.13 Å². The number of para-hydroxylation sites is 3. The quantitative estimate of drug-likeness (QED) is 0.195. The number of furan rings is 1. The van der Waals surface area contributed by atoms with Crippen LogP contribution in [0.15, 0.2) is 126 Å². The molecule has 0 spiro atoms. The number of benzene rings is 5. The zero-order valence-corrected chi connectivity index (χ0v) is 26.5. The van der Waals surface area contributed by atoms with Crippen LogP contribution in [-0.2, 0) is 6.42 Å². The molecular formula is C44H28N4O. The monoisotopic (exact) mass is 628 g/mol. The summed E-state index contributed by atoms with van der Waals surface area (Å²) in [4.78, 5) is 0. The molecule has 1 atom stereocenters. The summed E-state index contributed by atoms with van der Waals surface area (Å²) in [5.74, 6) is 0.902. The third kappa shape index (κ3) is 3.91. The molecule has 0 radical (unpaired) electrons. The molecular weight excluding hydrogens is 601 g/mol. The summed E-state index contributed by atoms with van der Waals surface area (Å²) in [5, 5.41) is 25.7. The molecule has 0 N–H and O–H groups in total. The summed E-state index contributed by atoms with van der Waals surface area (Å²) >= 11 is 0. The summed E-state index contributed by atoms with van der Waals surface area (Å²) in [6.45, 7) is 0. The van der Waals surface area contributed by atoms with Crippen molar-refractivity contribution in [2.45, 2.75) is 25.2 Å². The van der Waals surface area contributed by atoms with Crippen LogP contribution in [0.3, 0.4) is 0 Å². The first-order chi connectivity index (χ1) is 24.2. The second kappa shape index (κ2) is 10.5. The predicted octanol–water partition coefficient (Wildman–Crippen LogP) is 10.9. The lowest BCUT2D eigenvalue weighted by Gasteiger charge is -2.22. The van der Waals surface area contributed by atoms with E-state index in [-0.39, 0.29) is 5.92 Å². The number of hydrogen-bond acceptors (Lipinski definition) is 3. The fraction of sp³-hybridized carbons (Fsp3) is 0.0909. The van der Waals surface area contributed by atoms with Crippen LogP contribution in [0.4, 0.5) is 0 Å². The van der Waals surface area contributed by atoms with Gasteiger partial charge in [-0.25, -0.2) is 0 Å². The molecule has 3 aromatic heterocycles. The Morgan fingerprint density at radius 2 is 1.45 bits per heavy atom. The topological polar surface area (TPSA) is 70.6 Å². The van der Waals surface area contributed by atoms with Gasteiger partial charge in [0.2, 0.25) is 0 Å². The minimum absolute atomic E-state index is 0.0109. The molecule has 1 unspecified atom stereocenters. The van der Waals surface area contributed by atoms with Crippen molar-refractivity contribution in [3.05, 3.63) is 149 Å². The van der Waals surface area contributed by atoms with E-state index in [1.54, 1.807) is 0 Å². The highest BCUT2D eigenvalue weighted by atomic mass is 16.3. The highest BCUT2D eigenvalue weighted by Gasteiger charge is 2.28. The van der Waals surface area contributed by atoms with Crippen LogP contribution >= 0.6 is 0 Å². The van der Waals surface area contributed by atoms with E-state index in [9.17, 15) is 10.5 Å². The molecule has 230 valence electrons. The van der Waals surface area contributed by atoms with Crippen LogP contribution in [0.1, 0.15) is 46.8 Å². The van der Waals surface area contributed by atoms with Crippen LogP contribution in [0.2, 0.25) is 0 Å². The molecule has 10 rings (SSSR count). The standard InChI is InChI=1S/C44H28N4O/c45-25-27-17-21-40-36(23-27)33-13-5-7-16-39(33)48(40)42-29(26-46)9-8-14-31(42)28-18-22-41-37(24-28)35-20-19-34-32-12-4-6-15-38(32)47(43(34)44(35)49-41)30-10-2-1-3-11-30/h2,4-23,28H,1,3,24H2. The summed E-state index contributed by atoms with van der Waals surface area (Å²) in [6, 6.07) is 38.0. The molecule has 0 saturated carbocycles.